The van der Waals surface area contributed by atoms with Gasteiger partial charge < -0.3 is 0 Å². The second-order valence-electron chi connectivity index (χ2n) is 4.88. The van der Waals surface area contributed by atoms with Crippen LogP contribution in [0, 0.1) is 5.92 Å². The largest absolute Gasteiger partial charge is 0.294 e. The van der Waals surface area contributed by atoms with Crippen LogP contribution in [0.15, 0.2) is 29.2 Å². The van der Waals surface area contributed by atoms with Crippen LogP contribution in [-0.4, -0.2) is 13.0 Å². The van der Waals surface area contributed by atoms with Crippen LogP contribution in [0.1, 0.15) is 44.1 Å². The molecule has 1 aromatic rings. The second kappa shape index (κ2) is 4.78. The lowest BCUT2D eigenvalue weighted by Gasteiger charge is -2.30. The molecule has 3 nitrogen and oxygen atoms in total. The van der Waals surface area contributed by atoms with E-state index in [1.807, 2.05) is 12.1 Å². The van der Waals surface area contributed by atoms with Gasteiger partial charge in [-0.25, -0.2) is 0 Å². The zero-order chi connectivity index (χ0) is 12.5. The van der Waals surface area contributed by atoms with Crippen molar-refractivity contribution >= 4 is 10.1 Å². The molecule has 0 aliphatic heterocycles. The summed E-state index contributed by atoms with van der Waals surface area (Å²) >= 11 is 0. The summed E-state index contributed by atoms with van der Waals surface area (Å²) in [4.78, 5) is 0.0822. The van der Waals surface area contributed by atoms with Gasteiger partial charge >= 0.3 is 0 Å². The van der Waals surface area contributed by atoms with Crippen LogP contribution in [-0.2, 0) is 10.1 Å². The molecule has 1 aliphatic rings. The van der Waals surface area contributed by atoms with E-state index in [2.05, 4.69) is 6.92 Å². The molecule has 0 saturated heterocycles. The van der Waals surface area contributed by atoms with E-state index in [0.29, 0.717) is 5.92 Å². The van der Waals surface area contributed by atoms with E-state index in [9.17, 15) is 13.0 Å². The summed E-state index contributed by atoms with van der Waals surface area (Å²) < 4.78 is 32.0. The zero-order valence-corrected chi connectivity index (χ0v) is 10.8. The average Bonchev–Trinajstić information content (AvgIpc) is 2.28. The van der Waals surface area contributed by atoms with E-state index >= 15 is 0 Å². The molecule has 1 aromatic carbocycles. The summed E-state index contributed by atoms with van der Waals surface area (Å²) in [5.41, 5.74) is 0.780. The number of hydrogen-bond acceptors (Lipinski definition) is 2. The zero-order valence-electron chi connectivity index (χ0n) is 9.96. The molecular formula is C13H18O3S. The van der Waals surface area contributed by atoms with Crippen molar-refractivity contribution in [3.05, 3.63) is 29.8 Å². The van der Waals surface area contributed by atoms with E-state index in [1.54, 1.807) is 6.07 Å². The van der Waals surface area contributed by atoms with Crippen LogP contribution < -0.4 is 0 Å². The first kappa shape index (κ1) is 12.6. The first-order chi connectivity index (χ1) is 8.00. The van der Waals surface area contributed by atoms with E-state index in [0.717, 1.165) is 24.8 Å². The minimum Gasteiger partial charge on any atom is -0.282 e. The van der Waals surface area contributed by atoms with Gasteiger partial charge in [0.1, 0.15) is 0 Å². The molecule has 4 heteroatoms. The maximum absolute atomic E-state index is 11.4. The van der Waals surface area contributed by atoms with Gasteiger partial charge in [-0.3, -0.25) is 4.55 Å². The minimum absolute atomic E-state index is 0.0822. The smallest absolute Gasteiger partial charge is 0.282 e. The Morgan fingerprint density at radius 3 is 2.47 bits per heavy atom. The van der Waals surface area contributed by atoms with Crippen LogP contribution in [0.4, 0.5) is 0 Å². The fourth-order valence-electron chi connectivity index (χ4n) is 2.80. The fraction of sp³-hybridized carbons (Fsp3) is 0.538. The van der Waals surface area contributed by atoms with Crippen LogP contribution in [0.5, 0.6) is 0 Å². The lowest BCUT2D eigenvalue weighted by molar-refractivity contribution is 0.326. The summed E-state index contributed by atoms with van der Waals surface area (Å²) in [5.74, 6) is 0.730. The molecule has 2 rings (SSSR count). The van der Waals surface area contributed by atoms with Crippen LogP contribution >= 0.6 is 0 Å². The molecule has 1 aliphatic carbocycles. The van der Waals surface area contributed by atoms with Gasteiger partial charge in [-0.15, -0.1) is 0 Å². The van der Waals surface area contributed by atoms with Crippen molar-refractivity contribution in [1.29, 1.82) is 0 Å². The average molecular weight is 254 g/mol. The van der Waals surface area contributed by atoms with Crippen molar-refractivity contribution in [2.75, 3.05) is 0 Å². The lowest BCUT2D eigenvalue weighted by Crippen LogP contribution is -2.17. The predicted molar refractivity (Wildman–Crippen MR) is 66.6 cm³/mol. The third-order valence-corrected chi connectivity index (χ3v) is 4.64. The highest BCUT2D eigenvalue weighted by atomic mass is 32.2. The first-order valence-electron chi connectivity index (χ1n) is 6.06. The Balaban J connectivity index is 2.44. The molecule has 1 fully saturated rings. The van der Waals surface area contributed by atoms with Gasteiger partial charge in [0.25, 0.3) is 10.1 Å². The normalized spacial score (nSPS) is 25.8. The van der Waals surface area contributed by atoms with Crippen LogP contribution in [0.3, 0.4) is 0 Å². The Morgan fingerprint density at radius 1 is 1.18 bits per heavy atom. The molecule has 0 spiro atoms. The molecule has 94 valence electrons. The Hall–Kier alpha value is -0.870. The minimum atomic E-state index is -4.11. The molecule has 0 radical (unpaired) electrons. The van der Waals surface area contributed by atoms with Crippen molar-refractivity contribution in [3.8, 4) is 0 Å². The summed E-state index contributed by atoms with van der Waals surface area (Å²) in [5, 5.41) is 0. The van der Waals surface area contributed by atoms with Gasteiger partial charge in [0.05, 0.1) is 4.90 Å². The topological polar surface area (TPSA) is 54.4 Å². The number of rotatable bonds is 2. The third kappa shape index (κ3) is 2.69. The number of benzene rings is 1. The highest BCUT2D eigenvalue weighted by molar-refractivity contribution is 7.85. The molecule has 0 bridgehead atoms. The Labute approximate surface area is 103 Å². The van der Waals surface area contributed by atoms with Crippen molar-refractivity contribution in [3.63, 3.8) is 0 Å². The van der Waals surface area contributed by atoms with Crippen LogP contribution in [0.2, 0.25) is 0 Å². The molecule has 2 unspecified atom stereocenters. The second-order valence-corrected chi connectivity index (χ2v) is 6.27. The predicted octanol–water partition coefficient (Wildman–Crippen LogP) is 3.23. The summed E-state index contributed by atoms with van der Waals surface area (Å²) in [6, 6.07) is 6.81. The van der Waals surface area contributed by atoms with Crippen molar-refractivity contribution in [1.82, 2.24) is 0 Å². The Kier molecular flexibility index (Phi) is 3.54. The van der Waals surface area contributed by atoms with Crippen molar-refractivity contribution in [2.24, 2.45) is 5.92 Å². The van der Waals surface area contributed by atoms with Gasteiger partial charge in [0.2, 0.25) is 0 Å². The maximum atomic E-state index is 11.4. The molecule has 1 saturated carbocycles. The van der Waals surface area contributed by atoms with Crippen molar-refractivity contribution in [2.45, 2.75) is 43.4 Å². The van der Waals surface area contributed by atoms with Gasteiger partial charge in [0.15, 0.2) is 0 Å². The quantitative estimate of drug-likeness (QED) is 0.824. The van der Waals surface area contributed by atoms with Gasteiger partial charge in [0, 0.05) is 0 Å². The Morgan fingerprint density at radius 2 is 1.82 bits per heavy atom. The molecule has 0 aromatic heterocycles. The monoisotopic (exact) mass is 254 g/mol. The third-order valence-electron chi connectivity index (χ3n) is 3.71. The molecule has 2 atom stereocenters. The lowest BCUT2D eigenvalue weighted by atomic mass is 9.76. The SMILES string of the molecule is CC1CCCCC1c1ccccc1S(=O)(=O)O. The summed E-state index contributed by atoms with van der Waals surface area (Å²) in [6.45, 7) is 2.16. The van der Waals surface area contributed by atoms with E-state index < -0.39 is 10.1 Å². The summed E-state index contributed by atoms with van der Waals surface area (Å²) in [7, 11) is -4.11. The van der Waals surface area contributed by atoms with E-state index in [4.69, 9.17) is 0 Å². The highest BCUT2D eigenvalue weighted by Crippen LogP contribution is 2.39. The standard InChI is InChI=1S/C13H18O3S/c1-10-6-2-3-7-11(10)12-8-4-5-9-13(12)17(14,15)16/h4-5,8-11H,2-3,6-7H2,1H3,(H,14,15,16). The molecule has 0 heterocycles. The molecule has 17 heavy (non-hydrogen) atoms. The fourth-order valence-corrected chi connectivity index (χ4v) is 3.57. The van der Waals surface area contributed by atoms with Gasteiger partial charge in [-0.05, 0) is 29.9 Å². The van der Waals surface area contributed by atoms with Gasteiger partial charge in [-0.2, -0.15) is 8.42 Å². The molecular weight excluding hydrogens is 236 g/mol. The Bertz CT molecular complexity index is 493. The summed E-state index contributed by atoms with van der Waals surface area (Å²) in [6.07, 6.45) is 4.48. The molecule has 1 N–H and O–H groups in total. The number of hydrogen-bond donors (Lipinski definition) is 1. The van der Waals surface area contributed by atoms with Crippen LogP contribution in [0.25, 0.3) is 0 Å². The highest BCUT2D eigenvalue weighted by Gasteiger charge is 2.27. The molecule has 0 amide bonds. The van der Waals surface area contributed by atoms with E-state index in [1.165, 1.54) is 12.5 Å². The van der Waals surface area contributed by atoms with E-state index in [-0.39, 0.29) is 10.8 Å². The van der Waals surface area contributed by atoms with Gasteiger partial charge in [-0.1, -0.05) is 44.4 Å². The maximum Gasteiger partial charge on any atom is 0.294 e. The first-order valence-corrected chi connectivity index (χ1v) is 7.50. The van der Waals surface area contributed by atoms with Crippen molar-refractivity contribution < 1.29 is 13.0 Å².